The average molecular weight is 564 g/mol. The lowest BCUT2D eigenvalue weighted by molar-refractivity contribution is -0.141. The highest BCUT2D eigenvalue weighted by atomic mass is 79.9. The van der Waals surface area contributed by atoms with Gasteiger partial charge in [-0.05, 0) is 42.5 Å². The summed E-state index contributed by atoms with van der Waals surface area (Å²) in [5.41, 5.74) is 0.942. The van der Waals surface area contributed by atoms with E-state index in [2.05, 4.69) is 34.1 Å². The van der Waals surface area contributed by atoms with E-state index >= 15 is 0 Å². The molecular weight excluding hydrogens is 542 g/mol. The van der Waals surface area contributed by atoms with Crippen LogP contribution in [0.2, 0.25) is 0 Å². The van der Waals surface area contributed by atoms with Crippen LogP contribution < -0.4 is 4.80 Å². The van der Waals surface area contributed by atoms with Crippen molar-refractivity contribution in [3.8, 4) is 0 Å². The topological polar surface area (TPSA) is 98.0 Å². The standard InChI is InChI=1S/C23H22BrN3O5S2/c1-4-12-26(13-5-2)34(30,31)18-9-6-16(7-10-18)22(29)25-23-27(15-21(28)32-3)19-11-8-17(24)14-20(19)33-23/h4-11,14H,1-2,12-13,15H2,3H3. The normalized spacial score (nSPS) is 12.1. The van der Waals surface area contributed by atoms with E-state index in [1.165, 1.54) is 59.2 Å². The molecule has 0 fully saturated rings. The number of ether oxygens (including phenoxy) is 1. The van der Waals surface area contributed by atoms with Crippen molar-refractivity contribution in [2.75, 3.05) is 20.2 Å². The van der Waals surface area contributed by atoms with Gasteiger partial charge in [-0.25, -0.2) is 8.42 Å². The molecule has 3 rings (SSSR count). The van der Waals surface area contributed by atoms with Gasteiger partial charge in [0.2, 0.25) is 10.0 Å². The fourth-order valence-corrected chi connectivity index (χ4v) is 6.07. The van der Waals surface area contributed by atoms with Gasteiger partial charge in [0.05, 0.1) is 22.2 Å². The molecule has 1 aromatic heterocycles. The van der Waals surface area contributed by atoms with Crippen LogP contribution >= 0.6 is 27.3 Å². The van der Waals surface area contributed by atoms with Gasteiger partial charge in [-0.2, -0.15) is 9.30 Å². The molecule has 2 aromatic carbocycles. The first kappa shape index (κ1) is 25.8. The maximum Gasteiger partial charge on any atom is 0.325 e. The number of hydrogen-bond acceptors (Lipinski definition) is 6. The summed E-state index contributed by atoms with van der Waals surface area (Å²) in [5, 5.41) is 0. The molecule has 3 aromatic rings. The zero-order valence-electron chi connectivity index (χ0n) is 18.3. The van der Waals surface area contributed by atoms with Crippen molar-refractivity contribution in [1.29, 1.82) is 0 Å². The molecule has 0 unspecified atom stereocenters. The van der Waals surface area contributed by atoms with Gasteiger partial charge in [0.25, 0.3) is 5.91 Å². The van der Waals surface area contributed by atoms with E-state index in [0.717, 1.165) is 14.7 Å². The molecule has 0 aliphatic heterocycles. The molecule has 0 radical (unpaired) electrons. The Morgan fingerprint density at radius 3 is 2.38 bits per heavy atom. The molecule has 1 amide bonds. The van der Waals surface area contributed by atoms with E-state index in [9.17, 15) is 18.0 Å². The Kier molecular flexibility index (Phi) is 8.37. The molecular formula is C23H22BrN3O5S2. The SMILES string of the molecule is C=CCN(CC=C)S(=O)(=O)c1ccc(C(=O)N=c2sc3cc(Br)ccc3n2CC(=O)OC)cc1. The molecule has 0 aliphatic carbocycles. The first-order chi connectivity index (χ1) is 16.2. The van der Waals surface area contributed by atoms with Gasteiger partial charge in [0.1, 0.15) is 6.54 Å². The van der Waals surface area contributed by atoms with Crippen LogP contribution in [0.25, 0.3) is 10.2 Å². The monoisotopic (exact) mass is 563 g/mol. The number of hydrogen-bond donors (Lipinski definition) is 0. The van der Waals surface area contributed by atoms with Crippen molar-refractivity contribution in [2.45, 2.75) is 11.4 Å². The minimum atomic E-state index is -3.78. The van der Waals surface area contributed by atoms with Gasteiger partial charge in [-0.1, -0.05) is 39.4 Å². The summed E-state index contributed by atoms with van der Waals surface area (Å²) in [6.07, 6.45) is 2.98. The average Bonchev–Trinajstić information content (AvgIpc) is 3.14. The van der Waals surface area contributed by atoms with Crippen molar-refractivity contribution in [2.24, 2.45) is 4.99 Å². The third kappa shape index (κ3) is 5.61. The number of halogens is 1. The van der Waals surface area contributed by atoms with Crippen LogP contribution in [0.3, 0.4) is 0 Å². The van der Waals surface area contributed by atoms with Crippen LogP contribution in [-0.2, 0) is 26.1 Å². The Labute approximate surface area is 209 Å². The third-order valence-electron chi connectivity index (χ3n) is 4.76. The zero-order chi connectivity index (χ0) is 24.9. The minimum absolute atomic E-state index is 0.0419. The Bertz CT molecular complexity index is 1410. The molecule has 1 heterocycles. The minimum Gasteiger partial charge on any atom is -0.468 e. The number of thiazole rings is 1. The summed E-state index contributed by atoms with van der Waals surface area (Å²) in [7, 11) is -2.49. The number of aromatic nitrogens is 1. The largest absolute Gasteiger partial charge is 0.468 e. The summed E-state index contributed by atoms with van der Waals surface area (Å²) >= 11 is 4.67. The molecule has 0 bridgehead atoms. The summed E-state index contributed by atoms with van der Waals surface area (Å²) in [6, 6.07) is 11.1. The lowest BCUT2D eigenvalue weighted by atomic mass is 10.2. The number of esters is 1. The molecule has 178 valence electrons. The van der Waals surface area contributed by atoms with E-state index in [4.69, 9.17) is 4.74 Å². The number of carbonyl (C=O) groups excluding carboxylic acids is 2. The third-order valence-corrected chi connectivity index (χ3v) is 8.14. The summed E-state index contributed by atoms with van der Waals surface area (Å²) < 4.78 is 35.0. The van der Waals surface area contributed by atoms with Crippen molar-refractivity contribution in [3.05, 3.63) is 82.6 Å². The van der Waals surface area contributed by atoms with Crippen molar-refractivity contribution >= 4 is 59.4 Å². The first-order valence-electron chi connectivity index (χ1n) is 9.98. The predicted octanol–water partition coefficient (Wildman–Crippen LogP) is 3.74. The summed E-state index contributed by atoms with van der Waals surface area (Å²) in [6.45, 7) is 7.33. The number of benzene rings is 2. The molecule has 11 heteroatoms. The molecule has 0 spiro atoms. The quantitative estimate of drug-likeness (QED) is 0.291. The summed E-state index contributed by atoms with van der Waals surface area (Å²) in [4.78, 5) is 29.4. The second-order valence-electron chi connectivity index (χ2n) is 7.00. The van der Waals surface area contributed by atoms with Crippen LogP contribution in [0, 0.1) is 0 Å². The van der Waals surface area contributed by atoms with Gasteiger partial charge in [0, 0.05) is 23.1 Å². The van der Waals surface area contributed by atoms with E-state index in [1.807, 2.05) is 18.2 Å². The molecule has 8 nitrogen and oxygen atoms in total. The van der Waals surface area contributed by atoms with Crippen LogP contribution in [0.5, 0.6) is 0 Å². The second kappa shape index (κ2) is 11.0. The molecule has 0 saturated carbocycles. The number of amides is 1. The highest BCUT2D eigenvalue weighted by molar-refractivity contribution is 9.10. The number of fused-ring (bicyclic) bond motifs is 1. The molecule has 0 atom stereocenters. The van der Waals surface area contributed by atoms with Crippen molar-refractivity contribution in [1.82, 2.24) is 8.87 Å². The van der Waals surface area contributed by atoms with E-state index in [1.54, 1.807) is 4.57 Å². The molecule has 0 saturated heterocycles. The van der Waals surface area contributed by atoms with Gasteiger partial charge in [-0.15, -0.1) is 13.2 Å². The van der Waals surface area contributed by atoms with Gasteiger partial charge >= 0.3 is 5.97 Å². The summed E-state index contributed by atoms with van der Waals surface area (Å²) in [5.74, 6) is -1.04. The van der Waals surface area contributed by atoms with E-state index in [0.29, 0.717) is 4.80 Å². The number of methoxy groups -OCH3 is 1. The molecule has 0 aliphatic rings. The maximum absolute atomic E-state index is 12.9. The number of rotatable bonds is 9. The van der Waals surface area contributed by atoms with Crippen LogP contribution in [0.4, 0.5) is 0 Å². The van der Waals surface area contributed by atoms with E-state index in [-0.39, 0.29) is 30.1 Å². The molecule has 0 N–H and O–H groups in total. The second-order valence-corrected chi connectivity index (χ2v) is 10.9. The lowest BCUT2D eigenvalue weighted by Gasteiger charge is -2.19. The predicted molar refractivity (Wildman–Crippen MR) is 135 cm³/mol. The number of sulfonamides is 1. The Morgan fingerprint density at radius 1 is 1.15 bits per heavy atom. The number of nitrogens with zero attached hydrogens (tertiary/aromatic N) is 3. The fourth-order valence-electron chi connectivity index (χ4n) is 3.11. The fraction of sp³-hybridized carbons (Fsp3) is 0.174. The van der Waals surface area contributed by atoms with Crippen LogP contribution in [0.15, 0.2) is 82.1 Å². The van der Waals surface area contributed by atoms with Crippen molar-refractivity contribution < 1.29 is 22.7 Å². The maximum atomic E-state index is 12.9. The van der Waals surface area contributed by atoms with Gasteiger partial charge in [-0.3, -0.25) is 9.59 Å². The van der Waals surface area contributed by atoms with Gasteiger partial charge < -0.3 is 9.30 Å². The lowest BCUT2D eigenvalue weighted by Crippen LogP contribution is -2.31. The Hall–Kier alpha value is -2.86. The van der Waals surface area contributed by atoms with E-state index < -0.39 is 21.9 Å². The van der Waals surface area contributed by atoms with Crippen LogP contribution in [-0.4, -0.2) is 49.4 Å². The van der Waals surface area contributed by atoms with Crippen LogP contribution in [0.1, 0.15) is 10.4 Å². The Morgan fingerprint density at radius 2 is 1.79 bits per heavy atom. The highest BCUT2D eigenvalue weighted by Crippen LogP contribution is 2.23. The first-order valence-corrected chi connectivity index (χ1v) is 13.0. The van der Waals surface area contributed by atoms with Crippen molar-refractivity contribution in [3.63, 3.8) is 0 Å². The zero-order valence-corrected chi connectivity index (χ0v) is 21.5. The Balaban J connectivity index is 1.99. The number of carbonyl (C=O) groups is 2. The molecule has 34 heavy (non-hydrogen) atoms. The highest BCUT2D eigenvalue weighted by Gasteiger charge is 2.22. The van der Waals surface area contributed by atoms with Gasteiger partial charge in [0.15, 0.2) is 4.80 Å². The smallest absolute Gasteiger partial charge is 0.325 e.